The summed E-state index contributed by atoms with van der Waals surface area (Å²) in [5.74, 6) is 0. The molecular formula is H5NO4S2. The first-order valence-corrected chi connectivity index (χ1v) is 2.55. The Labute approximate surface area is 46.8 Å². The summed E-state index contributed by atoms with van der Waals surface area (Å²) >= 11 is 2.70. The third-order valence-corrected chi connectivity index (χ3v) is 0.822. The van der Waals surface area contributed by atoms with Gasteiger partial charge in [-0.2, -0.15) is 0 Å². The Bertz CT molecular complexity index is 112. The van der Waals surface area contributed by atoms with Gasteiger partial charge >= 0.3 is 0 Å². The fraction of sp³-hybridized carbons (Fsp3) is 0. The molecule has 0 atom stereocenters. The van der Waals surface area contributed by atoms with Crippen LogP contribution in [0.1, 0.15) is 0 Å². The maximum Gasteiger partial charge on any atom is 0.228 e. The Hall–Kier alpha value is 0.180. The van der Waals surface area contributed by atoms with Crippen LogP contribution in [0.25, 0.3) is 0 Å². The highest BCUT2D eigenvalue weighted by Crippen LogP contribution is 1.85. The molecule has 0 aliphatic carbocycles. The second-order valence-corrected chi connectivity index (χ2v) is 1.90. The molecule has 7 heavy (non-hydrogen) atoms. The summed E-state index contributed by atoms with van der Waals surface area (Å²) in [7, 11) is -4.55. The van der Waals surface area contributed by atoms with E-state index >= 15 is 0 Å². The molecule has 0 aromatic carbocycles. The molecule has 0 radical (unpaired) electrons. The van der Waals surface area contributed by atoms with Crippen molar-refractivity contribution in [2.75, 3.05) is 0 Å². The van der Waals surface area contributed by atoms with Crippen molar-refractivity contribution in [3.63, 3.8) is 0 Å². The van der Waals surface area contributed by atoms with Crippen LogP contribution in [-0.2, 0) is 14.0 Å². The van der Waals surface area contributed by atoms with E-state index in [1.54, 1.807) is 0 Å². The largest absolute Gasteiger partial charge is 0.725 e. The average Bonchev–Trinajstić information content (AvgIpc) is 1.35. The van der Waals surface area contributed by atoms with E-state index < -0.39 is 10.4 Å². The van der Waals surface area contributed by atoms with E-state index in [0.29, 0.717) is 0 Å². The highest BCUT2D eigenvalue weighted by Gasteiger charge is 1.81. The molecule has 0 rings (SSSR count). The average molecular weight is 147 g/mol. The van der Waals surface area contributed by atoms with Crippen molar-refractivity contribution in [1.82, 2.24) is 6.15 Å². The molecule has 7 heteroatoms. The van der Waals surface area contributed by atoms with Crippen LogP contribution < -0.4 is 6.15 Å². The molecule has 0 unspecified atom stereocenters. The van der Waals surface area contributed by atoms with Gasteiger partial charge in [-0.25, -0.2) is 12.0 Å². The van der Waals surface area contributed by atoms with E-state index in [1.165, 1.54) is 0 Å². The fourth-order valence-electron chi connectivity index (χ4n) is 0. The minimum Gasteiger partial charge on any atom is -0.725 e. The van der Waals surface area contributed by atoms with Gasteiger partial charge in [-0.3, -0.25) is 0 Å². The highest BCUT2D eigenvalue weighted by atomic mass is 32.3. The summed E-state index contributed by atoms with van der Waals surface area (Å²) < 4.78 is 30.5. The topological polar surface area (TPSA) is 103 Å². The molecule has 0 aliphatic heterocycles. The predicted octanol–water partition coefficient (Wildman–Crippen LogP) is -0.316. The van der Waals surface area contributed by atoms with Crippen LogP contribution in [-0.4, -0.2) is 13.0 Å². The van der Waals surface area contributed by atoms with Gasteiger partial charge in [0.15, 0.2) is 0 Å². The van der Waals surface area contributed by atoms with Gasteiger partial charge in [-0.1, -0.05) is 0 Å². The van der Waals surface area contributed by atoms with Crippen molar-refractivity contribution in [2.24, 2.45) is 0 Å². The molecule has 0 amide bonds. The van der Waals surface area contributed by atoms with Gasteiger partial charge in [0.2, 0.25) is 10.4 Å². The van der Waals surface area contributed by atoms with E-state index in [9.17, 15) is 0 Å². The third kappa shape index (κ3) is 10.7. The minimum absolute atomic E-state index is 0. The summed E-state index contributed by atoms with van der Waals surface area (Å²) in [5, 5.41) is 0. The van der Waals surface area contributed by atoms with Crippen LogP contribution in [0.3, 0.4) is 0 Å². The molecule has 0 bridgehead atoms. The monoisotopic (exact) mass is 147 g/mol. The number of thiol groups is 1. The summed E-state index contributed by atoms with van der Waals surface area (Å²) in [6, 6.07) is 0. The molecule has 0 aromatic heterocycles. The van der Waals surface area contributed by atoms with Crippen molar-refractivity contribution in [3.8, 4) is 0 Å². The van der Waals surface area contributed by atoms with Gasteiger partial charge in [0.25, 0.3) is 0 Å². The van der Waals surface area contributed by atoms with Gasteiger partial charge in [-0.05, 0) is 12.9 Å². The number of hydrogen-bond donors (Lipinski definition) is 2. The minimum atomic E-state index is -4.55. The lowest BCUT2D eigenvalue weighted by atomic mass is 14.0. The first kappa shape index (κ1) is 10.2. The van der Waals surface area contributed by atoms with Gasteiger partial charge in [-0.15, -0.1) is 0 Å². The third-order valence-electron chi connectivity index (χ3n) is 0.0913. The zero-order valence-electron chi connectivity index (χ0n) is 3.49. The quantitative estimate of drug-likeness (QED) is 0.229. The fourth-order valence-corrected chi connectivity index (χ4v) is 0. The summed E-state index contributed by atoms with van der Waals surface area (Å²) in [6.07, 6.45) is 0. The number of hydrogen-bond acceptors (Lipinski definition) is 5. The Morgan fingerprint density at radius 1 is 1.57 bits per heavy atom. The standard InChI is InChI=1S/H3N.H2O4S2/c;1-6(2,3)4-5/h1H3;5H,(H,1,2,3). The van der Waals surface area contributed by atoms with Crippen LogP contribution in [0.5, 0.6) is 0 Å². The molecule has 0 fully saturated rings. The highest BCUT2D eigenvalue weighted by molar-refractivity contribution is 7.91. The smallest absolute Gasteiger partial charge is 0.228 e. The van der Waals surface area contributed by atoms with E-state index in [1.807, 2.05) is 0 Å². The number of quaternary nitrogens is 1. The maximum absolute atomic E-state index is 9.15. The Morgan fingerprint density at radius 2 is 1.71 bits per heavy atom. The van der Waals surface area contributed by atoms with Gasteiger partial charge in [0.05, 0.1) is 0 Å². The van der Waals surface area contributed by atoms with E-state index in [0.717, 1.165) is 0 Å². The molecule has 46 valence electrons. The van der Waals surface area contributed by atoms with Crippen molar-refractivity contribution in [1.29, 1.82) is 0 Å². The molecule has 0 spiro atoms. The van der Waals surface area contributed by atoms with Crippen LogP contribution in [0.15, 0.2) is 0 Å². The zero-order chi connectivity index (χ0) is 5.21. The second kappa shape index (κ2) is 3.22. The Kier molecular flexibility index (Phi) is 4.70. The van der Waals surface area contributed by atoms with E-state index in [-0.39, 0.29) is 6.15 Å². The summed E-state index contributed by atoms with van der Waals surface area (Å²) in [6.45, 7) is 0. The molecule has 0 saturated carbocycles. The van der Waals surface area contributed by atoms with Gasteiger partial charge in [0, 0.05) is 0 Å². The summed E-state index contributed by atoms with van der Waals surface area (Å²) in [5.41, 5.74) is 0. The lowest BCUT2D eigenvalue weighted by Gasteiger charge is -1.96. The second-order valence-electron chi connectivity index (χ2n) is 0.483. The first-order valence-electron chi connectivity index (χ1n) is 0.849. The molecule has 4 N–H and O–H groups in total. The zero-order valence-corrected chi connectivity index (χ0v) is 5.20. The van der Waals surface area contributed by atoms with Crippen LogP contribution in [0.4, 0.5) is 0 Å². The van der Waals surface area contributed by atoms with Crippen molar-refractivity contribution in [2.45, 2.75) is 0 Å². The number of rotatable bonds is 1. The lowest BCUT2D eigenvalue weighted by Crippen LogP contribution is -1.93. The van der Waals surface area contributed by atoms with Gasteiger partial charge in [0.1, 0.15) is 0 Å². The summed E-state index contributed by atoms with van der Waals surface area (Å²) in [4.78, 5) is 0. The molecule has 5 nitrogen and oxygen atoms in total. The van der Waals surface area contributed by atoms with E-state index in [4.69, 9.17) is 13.0 Å². The van der Waals surface area contributed by atoms with Crippen molar-refractivity contribution >= 4 is 23.3 Å². The predicted molar refractivity (Wildman–Crippen MR) is 25.8 cm³/mol. The van der Waals surface area contributed by atoms with E-state index in [2.05, 4.69) is 16.5 Å². The van der Waals surface area contributed by atoms with Crippen LogP contribution >= 0.6 is 12.9 Å². The van der Waals surface area contributed by atoms with Crippen molar-refractivity contribution in [3.05, 3.63) is 0 Å². The molecule has 0 saturated heterocycles. The first-order chi connectivity index (χ1) is 2.56. The van der Waals surface area contributed by atoms with Crippen LogP contribution in [0, 0.1) is 0 Å². The van der Waals surface area contributed by atoms with Gasteiger partial charge < -0.3 is 10.7 Å². The maximum atomic E-state index is 9.15. The normalized spacial score (nSPS) is 10.0. The van der Waals surface area contributed by atoms with Crippen LogP contribution in [0.2, 0.25) is 0 Å². The molecular weight excluding hydrogens is 142 g/mol. The lowest BCUT2D eigenvalue weighted by molar-refractivity contribution is 0.393. The SMILES string of the molecule is O=S(=O)([O-])OS.[NH4+]. The molecule has 0 heterocycles. The molecule has 0 aliphatic rings. The Balaban J connectivity index is 0. The Morgan fingerprint density at radius 3 is 1.71 bits per heavy atom. The molecule has 0 aromatic rings. The van der Waals surface area contributed by atoms with Crippen molar-refractivity contribution < 1.29 is 16.6 Å².